The number of ether oxygens (including phenoxy) is 1. The molecule has 1 unspecified atom stereocenters. The lowest BCUT2D eigenvalue weighted by Crippen LogP contribution is -2.43. The molecule has 0 saturated carbocycles. The quantitative estimate of drug-likeness (QED) is 0.842. The van der Waals surface area contributed by atoms with Crippen LogP contribution >= 0.6 is 11.6 Å². The number of cyclic esters (lactones) is 1. The van der Waals surface area contributed by atoms with Gasteiger partial charge in [0.15, 0.2) is 0 Å². The Balaban J connectivity index is 1.60. The van der Waals surface area contributed by atoms with Crippen molar-refractivity contribution < 1.29 is 19.1 Å². The summed E-state index contributed by atoms with van der Waals surface area (Å²) in [5.74, 6) is -1.04. The lowest BCUT2D eigenvalue weighted by atomic mass is 10.1. The molecular formula is C19H15ClN2O4. The Morgan fingerprint density at radius 2 is 1.96 bits per heavy atom. The molecule has 1 N–H and O–H groups in total. The molecule has 0 bridgehead atoms. The molecule has 1 saturated heterocycles. The molecule has 2 aliphatic heterocycles. The highest BCUT2D eigenvalue weighted by Crippen LogP contribution is 2.38. The van der Waals surface area contributed by atoms with Crippen LogP contribution in [0.2, 0.25) is 5.02 Å². The first-order chi connectivity index (χ1) is 12.5. The van der Waals surface area contributed by atoms with Crippen LogP contribution in [0, 0.1) is 0 Å². The highest BCUT2D eigenvalue weighted by atomic mass is 35.5. The minimum Gasteiger partial charge on any atom is -0.433 e. The maximum absolute atomic E-state index is 12.7. The number of hydrogen-bond acceptors (Lipinski definition) is 4. The van der Waals surface area contributed by atoms with Gasteiger partial charge in [0.25, 0.3) is 0 Å². The van der Waals surface area contributed by atoms with Gasteiger partial charge >= 0.3 is 5.97 Å². The van der Waals surface area contributed by atoms with Crippen LogP contribution in [0.3, 0.4) is 0 Å². The Hall–Kier alpha value is -2.86. The van der Waals surface area contributed by atoms with E-state index in [1.807, 2.05) is 0 Å². The monoisotopic (exact) mass is 370 g/mol. The third-order valence-electron chi connectivity index (χ3n) is 4.57. The fraction of sp³-hybridized carbons (Fsp3) is 0.211. The maximum atomic E-state index is 12.7. The van der Waals surface area contributed by atoms with Gasteiger partial charge in [-0.1, -0.05) is 35.9 Å². The molecule has 2 atom stereocenters. The Morgan fingerprint density at radius 3 is 2.77 bits per heavy atom. The summed E-state index contributed by atoms with van der Waals surface area (Å²) in [6.07, 6.45) is -0.283. The summed E-state index contributed by atoms with van der Waals surface area (Å²) in [5, 5.41) is 3.28. The van der Waals surface area contributed by atoms with Gasteiger partial charge in [-0.15, -0.1) is 0 Å². The Morgan fingerprint density at radius 1 is 1.15 bits per heavy atom. The van der Waals surface area contributed by atoms with E-state index in [0.29, 0.717) is 28.3 Å². The van der Waals surface area contributed by atoms with Crippen molar-refractivity contribution in [1.29, 1.82) is 0 Å². The Kier molecular flexibility index (Phi) is 4.12. The van der Waals surface area contributed by atoms with Crippen molar-refractivity contribution in [2.45, 2.75) is 25.1 Å². The average Bonchev–Trinajstić information content (AvgIpc) is 3.15. The van der Waals surface area contributed by atoms with Crippen molar-refractivity contribution >= 4 is 35.1 Å². The lowest BCUT2D eigenvalue weighted by molar-refractivity contribution is -0.144. The first-order valence-electron chi connectivity index (χ1n) is 8.22. The highest BCUT2D eigenvalue weighted by molar-refractivity contribution is 6.30. The van der Waals surface area contributed by atoms with Crippen molar-refractivity contribution in [1.82, 2.24) is 4.90 Å². The second kappa shape index (κ2) is 6.46. The number of benzene rings is 2. The van der Waals surface area contributed by atoms with Crippen LogP contribution in [-0.4, -0.2) is 28.7 Å². The van der Waals surface area contributed by atoms with Gasteiger partial charge in [0.2, 0.25) is 18.0 Å². The van der Waals surface area contributed by atoms with Crippen molar-refractivity contribution in [2.75, 3.05) is 5.32 Å². The molecule has 132 valence electrons. The van der Waals surface area contributed by atoms with Crippen LogP contribution in [0.25, 0.3) is 0 Å². The van der Waals surface area contributed by atoms with Gasteiger partial charge < -0.3 is 10.1 Å². The van der Waals surface area contributed by atoms with E-state index in [9.17, 15) is 14.4 Å². The molecule has 2 aromatic carbocycles. The van der Waals surface area contributed by atoms with Crippen LogP contribution in [-0.2, 0) is 14.3 Å². The fourth-order valence-electron chi connectivity index (χ4n) is 3.38. The molecule has 2 aliphatic rings. The first kappa shape index (κ1) is 16.6. The number of likely N-dealkylation sites (tertiary alicyclic amines) is 1. The second-order valence-corrected chi connectivity index (χ2v) is 6.64. The first-order valence-corrected chi connectivity index (χ1v) is 8.60. The van der Waals surface area contributed by atoms with E-state index in [-0.39, 0.29) is 18.2 Å². The molecule has 0 spiro atoms. The van der Waals surface area contributed by atoms with E-state index < -0.39 is 18.2 Å². The number of carbonyl (C=O) groups is 3. The van der Waals surface area contributed by atoms with Crippen LogP contribution in [0.4, 0.5) is 5.69 Å². The summed E-state index contributed by atoms with van der Waals surface area (Å²) in [6.45, 7) is 0. The van der Waals surface area contributed by atoms with Crippen LogP contribution in [0.1, 0.15) is 35.0 Å². The number of rotatable bonds is 3. The number of nitrogens with zero attached hydrogens (tertiary/aromatic N) is 1. The predicted octanol–water partition coefficient (Wildman–Crippen LogP) is 3.14. The molecule has 2 heterocycles. The normalized spacial score (nSPS) is 21.5. The second-order valence-electron chi connectivity index (χ2n) is 6.20. The predicted molar refractivity (Wildman–Crippen MR) is 94.5 cm³/mol. The lowest BCUT2D eigenvalue weighted by Gasteiger charge is -2.29. The molecule has 6 nitrogen and oxygen atoms in total. The topological polar surface area (TPSA) is 75.7 Å². The molecule has 0 radical (unpaired) electrons. The SMILES string of the molecule is O=C1OC(N2C(=O)CC[C@H]2C(=O)Nc2cccc(Cl)c2)c2ccccc21. The summed E-state index contributed by atoms with van der Waals surface area (Å²) in [4.78, 5) is 38.6. The van der Waals surface area contributed by atoms with E-state index in [2.05, 4.69) is 5.32 Å². The van der Waals surface area contributed by atoms with Crippen molar-refractivity contribution in [3.05, 3.63) is 64.7 Å². The fourth-order valence-corrected chi connectivity index (χ4v) is 3.57. The summed E-state index contributed by atoms with van der Waals surface area (Å²) in [7, 11) is 0. The number of amides is 2. The molecule has 7 heteroatoms. The molecule has 26 heavy (non-hydrogen) atoms. The summed E-state index contributed by atoms with van der Waals surface area (Å²) < 4.78 is 5.40. The number of nitrogens with one attached hydrogen (secondary N) is 1. The number of esters is 1. The summed E-state index contributed by atoms with van der Waals surface area (Å²) in [6, 6.07) is 13.0. The smallest absolute Gasteiger partial charge is 0.340 e. The van der Waals surface area contributed by atoms with E-state index >= 15 is 0 Å². The van der Waals surface area contributed by atoms with Gasteiger partial charge in [0.1, 0.15) is 6.04 Å². The zero-order valence-electron chi connectivity index (χ0n) is 13.6. The molecule has 2 amide bonds. The van der Waals surface area contributed by atoms with Crippen molar-refractivity contribution in [2.24, 2.45) is 0 Å². The Labute approximate surface area is 154 Å². The van der Waals surface area contributed by atoms with Crippen LogP contribution < -0.4 is 5.32 Å². The number of fused-ring (bicyclic) bond motifs is 1. The number of carbonyl (C=O) groups excluding carboxylic acids is 3. The minimum absolute atomic E-state index is 0.217. The molecular weight excluding hydrogens is 356 g/mol. The Bertz CT molecular complexity index is 914. The van der Waals surface area contributed by atoms with Crippen LogP contribution in [0.5, 0.6) is 0 Å². The molecule has 2 aromatic rings. The van der Waals surface area contributed by atoms with Gasteiger partial charge in [-0.2, -0.15) is 0 Å². The summed E-state index contributed by atoms with van der Waals surface area (Å²) >= 11 is 5.94. The van der Waals surface area contributed by atoms with E-state index in [4.69, 9.17) is 16.3 Å². The molecule has 0 aliphatic carbocycles. The van der Waals surface area contributed by atoms with Gasteiger partial charge in [-0.25, -0.2) is 4.79 Å². The van der Waals surface area contributed by atoms with E-state index in [0.717, 1.165) is 0 Å². The minimum atomic E-state index is -0.871. The molecule has 1 fully saturated rings. The number of halogens is 1. The third-order valence-corrected chi connectivity index (χ3v) is 4.80. The van der Waals surface area contributed by atoms with Gasteiger partial charge in [0.05, 0.1) is 5.56 Å². The van der Waals surface area contributed by atoms with Gasteiger partial charge in [-0.3, -0.25) is 14.5 Å². The highest BCUT2D eigenvalue weighted by Gasteiger charge is 2.46. The van der Waals surface area contributed by atoms with Crippen molar-refractivity contribution in [3.8, 4) is 0 Å². The molecule has 0 aromatic heterocycles. The van der Waals surface area contributed by atoms with Gasteiger partial charge in [0, 0.05) is 22.7 Å². The zero-order chi connectivity index (χ0) is 18.3. The third kappa shape index (κ3) is 2.82. The van der Waals surface area contributed by atoms with E-state index in [1.165, 1.54) is 4.90 Å². The van der Waals surface area contributed by atoms with E-state index in [1.54, 1.807) is 48.5 Å². The maximum Gasteiger partial charge on any atom is 0.340 e. The molecule has 4 rings (SSSR count). The largest absolute Gasteiger partial charge is 0.433 e. The standard InChI is InChI=1S/C19H15ClN2O4/c20-11-4-3-5-12(10-11)21-17(24)15-8-9-16(23)22(15)18-13-6-1-2-7-14(13)19(25)26-18/h1-7,10,15,18H,8-9H2,(H,21,24)/t15-,18?/m0/s1. The van der Waals surface area contributed by atoms with Crippen LogP contribution in [0.15, 0.2) is 48.5 Å². The summed E-state index contributed by atoms with van der Waals surface area (Å²) in [5.41, 5.74) is 1.57. The number of hydrogen-bond donors (Lipinski definition) is 1. The van der Waals surface area contributed by atoms with Crippen molar-refractivity contribution in [3.63, 3.8) is 0 Å². The number of anilines is 1. The van der Waals surface area contributed by atoms with Gasteiger partial charge in [-0.05, 0) is 30.7 Å². The average molecular weight is 371 g/mol. The zero-order valence-corrected chi connectivity index (χ0v) is 14.4.